The van der Waals surface area contributed by atoms with Gasteiger partial charge in [-0.1, -0.05) is 45.0 Å². The molecule has 3 atom stereocenters. The van der Waals surface area contributed by atoms with Gasteiger partial charge in [0.2, 0.25) is 0 Å². The fourth-order valence-electron chi connectivity index (χ4n) is 3.44. The number of hydrogen-bond acceptors (Lipinski definition) is 2. The minimum absolute atomic E-state index is 0.385. The predicted octanol–water partition coefficient (Wildman–Crippen LogP) is 3.23. The van der Waals surface area contributed by atoms with Crippen LogP contribution in [0.4, 0.5) is 0 Å². The van der Waals surface area contributed by atoms with Gasteiger partial charge in [0.25, 0.3) is 0 Å². The summed E-state index contributed by atoms with van der Waals surface area (Å²) in [7, 11) is 0. The zero-order valence-corrected chi connectivity index (χ0v) is 12.6. The molecule has 1 aliphatic heterocycles. The summed E-state index contributed by atoms with van der Waals surface area (Å²) in [5.41, 5.74) is 8.83. The first-order valence-electron chi connectivity index (χ1n) is 7.67. The monoisotopic (exact) mass is 260 g/mol. The van der Waals surface area contributed by atoms with Crippen molar-refractivity contribution in [3.05, 3.63) is 35.4 Å². The van der Waals surface area contributed by atoms with Gasteiger partial charge < -0.3 is 5.73 Å². The molecule has 1 aliphatic rings. The number of hydrogen-bond donors (Lipinski definition) is 1. The van der Waals surface area contributed by atoms with Crippen molar-refractivity contribution in [3.63, 3.8) is 0 Å². The van der Waals surface area contributed by atoms with Crippen molar-refractivity contribution in [3.8, 4) is 0 Å². The van der Waals surface area contributed by atoms with E-state index in [4.69, 9.17) is 5.73 Å². The quantitative estimate of drug-likeness (QED) is 0.900. The molecule has 2 nitrogen and oxygen atoms in total. The maximum absolute atomic E-state index is 6.06. The third-order valence-corrected chi connectivity index (χ3v) is 4.33. The summed E-state index contributed by atoms with van der Waals surface area (Å²) >= 11 is 0. The van der Waals surface area contributed by atoms with Crippen molar-refractivity contribution in [2.75, 3.05) is 19.6 Å². The zero-order chi connectivity index (χ0) is 13.8. The predicted molar refractivity (Wildman–Crippen MR) is 82.1 cm³/mol. The first-order chi connectivity index (χ1) is 9.13. The Bertz CT molecular complexity index is 375. The van der Waals surface area contributed by atoms with Crippen LogP contribution < -0.4 is 5.73 Å². The molecule has 106 valence electrons. The van der Waals surface area contributed by atoms with E-state index in [9.17, 15) is 0 Å². The summed E-state index contributed by atoms with van der Waals surface area (Å²) in [6.45, 7) is 9.99. The molecule has 2 rings (SSSR count). The van der Waals surface area contributed by atoms with E-state index >= 15 is 0 Å². The summed E-state index contributed by atoms with van der Waals surface area (Å²) in [6.07, 6.45) is 2.45. The lowest BCUT2D eigenvalue weighted by molar-refractivity contribution is 0.0984. The highest BCUT2D eigenvalue weighted by Gasteiger charge is 2.27. The van der Waals surface area contributed by atoms with Crippen molar-refractivity contribution in [1.82, 2.24) is 4.90 Å². The van der Waals surface area contributed by atoms with Gasteiger partial charge in [0, 0.05) is 25.7 Å². The fourth-order valence-corrected chi connectivity index (χ4v) is 3.44. The van der Waals surface area contributed by atoms with Crippen LogP contribution in [0.2, 0.25) is 0 Å². The number of rotatable bonds is 4. The van der Waals surface area contributed by atoms with E-state index in [1.807, 2.05) is 0 Å². The van der Waals surface area contributed by atoms with Crippen molar-refractivity contribution in [2.24, 2.45) is 17.6 Å². The summed E-state index contributed by atoms with van der Waals surface area (Å²) in [5.74, 6) is 1.57. The molecule has 1 heterocycles. The average molecular weight is 260 g/mol. The van der Waals surface area contributed by atoms with Gasteiger partial charge >= 0.3 is 0 Å². The molecule has 1 saturated heterocycles. The third kappa shape index (κ3) is 3.58. The van der Waals surface area contributed by atoms with Crippen LogP contribution in [0.5, 0.6) is 0 Å². The molecular weight excluding hydrogens is 232 g/mol. The van der Waals surface area contributed by atoms with Gasteiger partial charge in [0.1, 0.15) is 0 Å². The number of nitrogens with two attached hydrogens (primary N) is 1. The first kappa shape index (κ1) is 14.5. The van der Waals surface area contributed by atoms with Gasteiger partial charge in [-0.3, -0.25) is 4.90 Å². The van der Waals surface area contributed by atoms with Crippen molar-refractivity contribution in [1.29, 1.82) is 0 Å². The van der Waals surface area contributed by atoms with E-state index in [-0.39, 0.29) is 0 Å². The molecule has 1 fully saturated rings. The molecule has 19 heavy (non-hydrogen) atoms. The largest absolute Gasteiger partial charge is 0.329 e. The average Bonchev–Trinajstić information content (AvgIpc) is 2.39. The van der Waals surface area contributed by atoms with Gasteiger partial charge in [-0.2, -0.15) is 0 Å². The highest BCUT2D eigenvalue weighted by Crippen LogP contribution is 2.29. The number of likely N-dealkylation sites (tertiary alicyclic amines) is 1. The Morgan fingerprint density at radius 2 is 1.74 bits per heavy atom. The summed E-state index contributed by atoms with van der Waals surface area (Å²) < 4.78 is 0. The van der Waals surface area contributed by atoms with Crippen LogP contribution in [0.3, 0.4) is 0 Å². The molecule has 0 saturated carbocycles. The molecule has 2 N–H and O–H groups in total. The number of piperidine rings is 1. The van der Waals surface area contributed by atoms with Gasteiger partial charge in [0.05, 0.1) is 0 Å². The van der Waals surface area contributed by atoms with Gasteiger partial charge in [-0.15, -0.1) is 0 Å². The standard InChI is InChI=1S/C17H28N2/c1-4-15-5-7-16(8-6-15)17(10-18)19-11-13(2)9-14(3)12-19/h5-8,13-14,17H,4,9-12,18H2,1-3H3. The molecule has 0 spiro atoms. The second kappa shape index (κ2) is 6.53. The van der Waals surface area contributed by atoms with E-state index in [1.165, 1.54) is 30.6 Å². The minimum Gasteiger partial charge on any atom is -0.329 e. The third-order valence-electron chi connectivity index (χ3n) is 4.33. The summed E-state index contributed by atoms with van der Waals surface area (Å²) in [4.78, 5) is 2.58. The molecule has 0 radical (unpaired) electrons. The lowest BCUT2D eigenvalue weighted by Gasteiger charge is -2.40. The molecule has 1 aromatic rings. The maximum Gasteiger partial charge on any atom is 0.0470 e. The maximum atomic E-state index is 6.06. The Labute approximate surface area is 118 Å². The van der Waals surface area contributed by atoms with E-state index in [2.05, 4.69) is 49.9 Å². The highest BCUT2D eigenvalue weighted by atomic mass is 15.2. The van der Waals surface area contributed by atoms with E-state index in [0.29, 0.717) is 12.6 Å². The molecule has 3 unspecified atom stereocenters. The van der Waals surface area contributed by atoms with Crippen molar-refractivity contribution in [2.45, 2.75) is 39.7 Å². The number of aryl methyl sites for hydroxylation is 1. The van der Waals surface area contributed by atoms with Crippen LogP contribution in [-0.2, 0) is 6.42 Å². The van der Waals surface area contributed by atoms with Gasteiger partial charge in [-0.05, 0) is 35.8 Å². The van der Waals surface area contributed by atoms with Gasteiger partial charge in [-0.25, -0.2) is 0 Å². The van der Waals surface area contributed by atoms with E-state index in [1.54, 1.807) is 0 Å². The minimum atomic E-state index is 0.385. The summed E-state index contributed by atoms with van der Waals surface area (Å²) in [5, 5.41) is 0. The van der Waals surface area contributed by atoms with E-state index < -0.39 is 0 Å². The Morgan fingerprint density at radius 3 is 2.21 bits per heavy atom. The van der Waals surface area contributed by atoms with Gasteiger partial charge in [0.15, 0.2) is 0 Å². The summed E-state index contributed by atoms with van der Waals surface area (Å²) in [6, 6.07) is 9.40. The Hall–Kier alpha value is -0.860. The molecule has 0 aliphatic carbocycles. The molecule has 0 bridgehead atoms. The van der Waals surface area contributed by atoms with Crippen molar-refractivity contribution < 1.29 is 0 Å². The topological polar surface area (TPSA) is 29.3 Å². The van der Waals surface area contributed by atoms with Crippen LogP contribution in [-0.4, -0.2) is 24.5 Å². The van der Waals surface area contributed by atoms with Crippen LogP contribution in [0.1, 0.15) is 44.4 Å². The number of benzene rings is 1. The van der Waals surface area contributed by atoms with Crippen LogP contribution in [0.15, 0.2) is 24.3 Å². The Balaban J connectivity index is 2.13. The van der Waals surface area contributed by atoms with Crippen LogP contribution >= 0.6 is 0 Å². The second-order valence-corrected chi connectivity index (χ2v) is 6.25. The fraction of sp³-hybridized carbons (Fsp3) is 0.647. The van der Waals surface area contributed by atoms with E-state index in [0.717, 1.165) is 18.3 Å². The van der Waals surface area contributed by atoms with Crippen molar-refractivity contribution >= 4 is 0 Å². The Morgan fingerprint density at radius 1 is 1.16 bits per heavy atom. The van der Waals surface area contributed by atoms with Crippen LogP contribution in [0, 0.1) is 11.8 Å². The molecular formula is C17H28N2. The lowest BCUT2D eigenvalue weighted by atomic mass is 9.89. The SMILES string of the molecule is CCc1ccc(C(CN)N2CC(C)CC(C)C2)cc1. The lowest BCUT2D eigenvalue weighted by Crippen LogP contribution is -2.43. The second-order valence-electron chi connectivity index (χ2n) is 6.25. The van der Waals surface area contributed by atoms with Crippen LogP contribution in [0.25, 0.3) is 0 Å². The number of nitrogens with zero attached hydrogens (tertiary/aromatic N) is 1. The first-order valence-corrected chi connectivity index (χ1v) is 7.67. The molecule has 2 heteroatoms. The molecule has 0 amide bonds. The molecule has 1 aromatic carbocycles. The normalized spacial score (nSPS) is 26.3. The Kier molecular flexibility index (Phi) is 5.00. The smallest absolute Gasteiger partial charge is 0.0470 e. The molecule has 0 aromatic heterocycles. The zero-order valence-electron chi connectivity index (χ0n) is 12.6. The highest BCUT2D eigenvalue weighted by molar-refractivity contribution is 5.25.